The number of anilines is 1. The number of amides is 1. The number of nitrogens with zero attached hydrogens (tertiary/aromatic N) is 4. The number of thioether (sulfide) groups is 1. The molecule has 0 aliphatic rings. The molecule has 2 heterocycles. The van der Waals surface area contributed by atoms with E-state index in [1.807, 2.05) is 47.0 Å². The van der Waals surface area contributed by atoms with Crippen molar-refractivity contribution in [3.8, 4) is 11.4 Å². The molecule has 0 spiro atoms. The smallest absolute Gasteiger partial charge is 0.234 e. The van der Waals surface area contributed by atoms with E-state index in [9.17, 15) is 4.79 Å². The van der Waals surface area contributed by atoms with E-state index in [0.717, 1.165) is 11.1 Å². The molecular formula is C22H17Cl2N5OS. The number of carbonyl (C=O) groups excluding carboxylic acids is 1. The molecule has 6 nitrogen and oxygen atoms in total. The van der Waals surface area contributed by atoms with Crippen LogP contribution in [-0.4, -0.2) is 31.4 Å². The van der Waals surface area contributed by atoms with E-state index < -0.39 is 0 Å². The number of aromatic nitrogens is 4. The van der Waals surface area contributed by atoms with Gasteiger partial charge in [0, 0.05) is 18.0 Å². The van der Waals surface area contributed by atoms with Crippen LogP contribution in [0.25, 0.3) is 11.4 Å². The molecule has 0 radical (unpaired) electrons. The highest BCUT2D eigenvalue weighted by atomic mass is 35.5. The molecule has 2 aromatic heterocycles. The Morgan fingerprint density at radius 3 is 2.45 bits per heavy atom. The van der Waals surface area contributed by atoms with E-state index in [1.165, 1.54) is 11.8 Å². The lowest BCUT2D eigenvalue weighted by molar-refractivity contribution is -0.113. The van der Waals surface area contributed by atoms with E-state index in [2.05, 4.69) is 20.5 Å². The van der Waals surface area contributed by atoms with Crippen molar-refractivity contribution in [3.05, 3.63) is 88.7 Å². The Morgan fingerprint density at radius 1 is 0.968 bits per heavy atom. The van der Waals surface area contributed by atoms with Crippen molar-refractivity contribution < 1.29 is 4.79 Å². The third kappa shape index (κ3) is 5.25. The second-order valence-corrected chi connectivity index (χ2v) is 8.31. The molecule has 4 rings (SSSR count). The number of para-hydroxylation sites is 1. The first-order valence-electron chi connectivity index (χ1n) is 9.36. The van der Waals surface area contributed by atoms with Crippen LogP contribution >= 0.6 is 35.0 Å². The van der Waals surface area contributed by atoms with Crippen LogP contribution in [0.3, 0.4) is 0 Å². The normalized spacial score (nSPS) is 10.8. The fraction of sp³-hybridized carbons (Fsp3) is 0.0909. The van der Waals surface area contributed by atoms with Gasteiger partial charge in [0.2, 0.25) is 5.91 Å². The lowest BCUT2D eigenvalue weighted by Crippen LogP contribution is -2.15. The standard InChI is InChI=1S/C22H17Cl2N5OS/c23-17-9-4-10-18(24)20(17)26-19(30)14-31-22-28-27-21(16-8-5-11-25-12-16)29(22)13-15-6-2-1-3-7-15/h1-12H,13-14H2,(H,26,30). The highest BCUT2D eigenvalue weighted by Crippen LogP contribution is 2.30. The van der Waals surface area contributed by atoms with Crippen molar-refractivity contribution in [2.24, 2.45) is 0 Å². The van der Waals surface area contributed by atoms with Gasteiger partial charge < -0.3 is 5.32 Å². The number of halogens is 2. The van der Waals surface area contributed by atoms with Gasteiger partial charge in [-0.25, -0.2) is 0 Å². The summed E-state index contributed by atoms with van der Waals surface area (Å²) in [7, 11) is 0. The van der Waals surface area contributed by atoms with E-state index in [-0.39, 0.29) is 11.7 Å². The van der Waals surface area contributed by atoms with Gasteiger partial charge in [-0.1, -0.05) is 71.4 Å². The molecule has 1 N–H and O–H groups in total. The van der Waals surface area contributed by atoms with Crippen molar-refractivity contribution >= 4 is 46.6 Å². The predicted molar refractivity (Wildman–Crippen MR) is 125 cm³/mol. The first kappa shape index (κ1) is 21.4. The Balaban J connectivity index is 1.55. The van der Waals surface area contributed by atoms with E-state index in [4.69, 9.17) is 23.2 Å². The largest absolute Gasteiger partial charge is 0.323 e. The summed E-state index contributed by atoms with van der Waals surface area (Å²) in [6, 6.07) is 18.9. The summed E-state index contributed by atoms with van der Waals surface area (Å²) in [6.07, 6.45) is 3.45. The van der Waals surface area contributed by atoms with Crippen LogP contribution in [0, 0.1) is 0 Å². The van der Waals surface area contributed by atoms with Crippen LogP contribution in [-0.2, 0) is 11.3 Å². The first-order valence-corrected chi connectivity index (χ1v) is 11.1. The van der Waals surface area contributed by atoms with Crippen molar-refractivity contribution in [2.45, 2.75) is 11.7 Å². The lowest BCUT2D eigenvalue weighted by Gasteiger charge is -2.11. The minimum Gasteiger partial charge on any atom is -0.323 e. The molecule has 0 saturated carbocycles. The minimum absolute atomic E-state index is 0.127. The zero-order chi connectivity index (χ0) is 21.6. The Morgan fingerprint density at radius 2 is 1.74 bits per heavy atom. The predicted octanol–water partition coefficient (Wildman–Crippen LogP) is 5.43. The minimum atomic E-state index is -0.239. The number of hydrogen-bond acceptors (Lipinski definition) is 5. The molecule has 0 bridgehead atoms. The van der Waals surface area contributed by atoms with Gasteiger partial charge in [-0.3, -0.25) is 14.3 Å². The van der Waals surface area contributed by atoms with Gasteiger partial charge in [-0.15, -0.1) is 10.2 Å². The molecule has 31 heavy (non-hydrogen) atoms. The number of hydrogen-bond donors (Lipinski definition) is 1. The maximum atomic E-state index is 12.5. The molecule has 0 aliphatic heterocycles. The fourth-order valence-corrected chi connectivity index (χ4v) is 4.17. The Bertz CT molecular complexity index is 1160. The highest BCUT2D eigenvalue weighted by Gasteiger charge is 2.17. The average Bonchev–Trinajstić information content (AvgIpc) is 3.18. The second kappa shape index (κ2) is 9.96. The van der Waals surface area contributed by atoms with Crippen molar-refractivity contribution in [1.82, 2.24) is 19.7 Å². The molecule has 156 valence electrons. The molecule has 2 aromatic carbocycles. The maximum absolute atomic E-state index is 12.5. The van der Waals surface area contributed by atoms with Crippen molar-refractivity contribution in [1.29, 1.82) is 0 Å². The summed E-state index contributed by atoms with van der Waals surface area (Å²) < 4.78 is 1.98. The van der Waals surface area contributed by atoms with Gasteiger partial charge in [0.05, 0.1) is 28.0 Å². The number of rotatable bonds is 7. The number of benzene rings is 2. The van der Waals surface area contributed by atoms with Gasteiger partial charge in [-0.2, -0.15) is 0 Å². The number of carbonyl (C=O) groups is 1. The molecule has 0 fully saturated rings. The Hall–Kier alpha value is -2.87. The van der Waals surface area contributed by atoms with Crippen LogP contribution in [0.1, 0.15) is 5.56 Å². The summed E-state index contributed by atoms with van der Waals surface area (Å²) in [5, 5.41) is 12.8. The monoisotopic (exact) mass is 469 g/mol. The number of pyridine rings is 1. The molecule has 0 atom stereocenters. The van der Waals surface area contributed by atoms with Gasteiger partial charge >= 0.3 is 0 Å². The van der Waals surface area contributed by atoms with E-state index in [0.29, 0.717) is 33.3 Å². The lowest BCUT2D eigenvalue weighted by atomic mass is 10.2. The van der Waals surface area contributed by atoms with Crippen LogP contribution in [0.5, 0.6) is 0 Å². The summed E-state index contributed by atoms with van der Waals surface area (Å²) in [4.78, 5) is 16.7. The molecule has 0 unspecified atom stereocenters. The molecule has 0 aliphatic carbocycles. The van der Waals surface area contributed by atoms with Crippen LogP contribution < -0.4 is 5.32 Å². The second-order valence-electron chi connectivity index (χ2n) is 6.55. The quantitative estimate of drug-likeness (QED) is 0.365. The van der Waals surface area contributed by atoms with Gasteiger partial charge in [-0.05, 0) is 29.8 Å². The average molecular weight is 470 g/mol. The summed E-state index contributed by atoms with van der Waals surface area (Å²) >= 11 is 13.6. The van der Waals surface area contributed by atoms with Gasteiger partial charge in [0.1, 0.15) is 0 Å². The van der Waals surface area contributed by atoms with Crippen molar-refractivity contribution in [3.63, 3.8) is 0 Å². The Labute approximate surface area is 193 Å². The SMILES string of the molecule is O=C(CSc1nnc(-c2cccnc2)n1Cc1ccccc1)Nc1c(Cl)cccc1Cl. The van der Waals surface area contributed by atoms with Crippen LogP contribution in [0.15, 0.2) is 78.2 Å². The fourth-order valence-electron chi connectivity index (χ4n) is 2.94. The molecular weight excluding hydrogens is 453 g/mol. The van der Waals surface area contributed by atoms with E-state index in [1.54, 1.807) is 30.6 Å². The maximum Gasteiger partial charge on any atom is 0.234 e. The summed E-state index contributed by atoms with van der Waals surface area (Å²) in [5.74, 6) is 0.577. The third-order valence-electron chi connectivity index (χ3n) is 4.38. The zero-order valence-electron chi connectivity index (χ0n) is 16.2. The van der Waals surface area contributed by atoms with E-state index >= 15 is 0 Å². The first-order chi connectivity index (χ1) is 15.1. The Kier molecular flexibility index (Phi) is 6.86. The van der Waals surface area contributed by atoms with Crippen molar-refractivity contribution in [2.75, 3.05) is 11.1 Å². The topological polar surface area (TPSA) is 72.7 Å². The van der Waals surface area contributed by atoms with Crippen LogP contribution in [0.2, 0.25) is 10.0 Å². The third-order valence-corrected chi connectivity index (χ3v) is 5.98. The van der Waals surface area contributed by atoms with Gasteiger partial charge in [0.25, 0.3) is 0 Å². The summed E-state index contributed by atoms with van der Waals surface area (Å²) in [5.41, 5.74) is 2.35. The highest BCUT2D eigenvalue weighted by molar-refractivity contribution is 7.99. The summed E-state index contributed by atoms with van der Waals surface area (Å²) in [6.45, 7) is 0.568. The molecule has 4 aromatic rings. The van der Waals surface area contributed by atoms with Gasteiger partial charge in [0.15, 0.2) is 11.0 Å². The molecule has 9 heteroatoms. The molecule has 1 amide bonds. The number of nitrogens with one attached hydrogen (secondary N) is 1. The zero-order valence-corrected chi connectivity index (χ0v) is 18.5. The van der Waals surface area contributed by atoms with Crippen LogP contribution in [0.4, 0.5) is 5.69 Å². The molecule has 0 saturated heterocycles.